The summed E-state index contributed by atoms with van der Waals surface area (Å²) in [5, 5.41) is 0. The third-order valence-electron chi connectivity index (χ3n) is 5.60. The molecular formula is C19H26F2N2O3. The van der Waals surface area contributed by atoms with E-state index in [2.05, 4.69) is 11.8 Å². The summed E-state index contributed by atoms with van der Waals surface area (Å²) in [6, 6.07) is 2.51. The first kappa shape index (κ1) is 19.0. The highest BCUT2D eigenvalue weighted by Crippen LogP contribution is 2.27. The molecule has 1 amide bonds. The Morgan fingerprint density at radius 1 is 1.15 bits per heavy atom. The molecule has 2 fully saturated rings. The van der Waals surface area contributed by atoms with E-state index < -0.39 is 23.1 Å². The number of rotatable bonds is 4. The number of ether oxygens (including phenoxy) is 2. The van der Waals surface area contributed by atoms with E-state index in [1.54, 1.807) is 4.90 Å². The van der Waals surface area contributed by atoms with Gasteiger partial charge in [-0.15, -0.1) is 0 Å². The summed E-state index contributed by atoms with van der Waals surface area (Å²) in [4.78, 5) is 16.6. The smallest absolute Gasteiger partial charge is 0.259 e. The average molecular weight is 368 g/mol. The number of methoxy groups -OCH3 is 1. The lowest BCUT2D eigenvalue weighted by atomic mass is 9.89. The molecule has 3 rings (SSSR count). The van der Waals surface area contributed by atoms with Crippen LogP contribution in [0.1, 0.15) is 30.1 Å². The maximum Gasteiger partial charge on any atom is 0.259 e. The number of hydrogen-bond acceptors (Lipinski definition) is 4. The fourth-order valence-electron chi connectivity index (χ4n) is 3.90. The fourth-order valence-corrected chi connectivity index (χ4v) is 3.90. The monoisotopic (exact) mass is 368 g/mol. The van der Waals surface area contributed by atoms with Crippen molar-refractivity contribution in [1.82, 2.24) is 9.80 Å². The zero-order chi connectivity index (χ0) is 18.7. The Morgan fingerprint density at radius 3 is 2.27 bits per heavy atom. The molecule has 144 valence electrons. The van der Waals surface area contributed by atoms with Crippen LogP contribution < -0.4 is 4.74 Å². The van der Waals surface area contributed by atoms with Gasteiger partial charge in [0.2, 0.25) is 0 Å². The fraction of sp³-hybridized carbons (Fsp3) is 0.632. The molecule has 0 spiro atoms. The Bertz CT molecular complexity index is 619. The Kier molecular flexibility index (Phi) is 6.09. The predicted octanol–water partition coefficient (Wildman–Crippen LogP) is 2.55. The standard InChI is InChI=1S/C19H26F2N2O3/c1-13(22-7-9-26-10-8-22)14-3-5-23(6-4-14)19(24)18-16(20)11-15(25-2)12-17(18)21/h11-14H,3-10H2,1-2H3/t13-/m0/s1. The van der Waals surface area contributed by atoms with Crippen LogP contribution in [-0.4, -0.2) is 68.3 Å². The van der Waals surface area contributed by atoms with Crippen molar-refractivity contribution in [3.63, 3.8) is 0 Å². The second kappa shape index (κ2) is 8.31. The van der Waals surface area contributed by atoms with Gasteiger partial charge < -0.3 is 14.4 Å². The minimum absolute atomic E-state index is 0.0644. The molecule has 1 aromatic rings. The van der Waals surface area contributed by atoms with Gasteiger partial charge >= 0.3 is 0 Å². The van der Waals surface area contributed by atoms with Gasteiger partial charge in [0.05, 0.1) is 20.3 Å². The number of carbonyl (C=O) groups is 1. The van der Waals surface area contributed by atoms with Crippen LogP contribution in [0.5, 0.6) is 5.75 Å². The maximum atomic E-state index is 14.2. The molecule has 0 bridgehead atoms. The molecule has 0 saturated carbocycles. The van der Waals surface area contributed by atoms with Crippen molar-refractivity contribution in [1.29, 1.82) is 0 Å². The van der Waals surface area contributed by atoms with Gasteiger partial charge in [0.15, 0.2) is 0 Å². The van der Waals surface area contributed by atoms with Crippen molar-refractivity contribution >= 4 is 5.91 Å². The summed E-state index contributed by atoms with van der Waals surface area (Å²) < 4.78 is 38.6. The zero-order valence-corrected chi connectivity index (χ0v) is 15.3. The van der Waals surface area contributed by atoms with Crippen molar-refractivity contribution in [3.05, 3.63) is 29.3 Å². The summed E-state index contributed by atoms with van der Waals surface area (Å²) in [6.07, 6.45) is 1.67. The number of halogens is 2. The predicted molar refractivity (Wildman–Crippen MR) is 93.4 cm³/mol. The number of piperidine rings is 1. The molecule has 0 N–H and O–H groups in total. The number of hydrogen-bond donors (Lipinski definition) is 0. The van der Waals surface area contributed by atoms with Gasteiger partial charge in [-0.1, -0.05) is 0 Å². The van der Waals surface area contributed by atoms with Crippen LogP contribution in [0.25, 0.3) is 0 Å². The van der Waals surface area contributed by atoms with Crippen LogP contribution in [0.15, 0.2) is 12.1 Å². The minimum Gasteiger partial charge on any atom is -0.497 e. The number of morpholine rings is 1. The lowest BCUT2D eigenvalue weighted by Crippen LogP contribution is -2.49. The Morgan fingerprint density at radius 2 is 1.73 bits per heavy atom. The number of likely N-dealkylation sites (tertiary alicyclic amines) is 1. The second-order valence-electron chi connectivity index (χ2n) is 6.98. The van der Waals surface area contributed by atoms with Crippen molar-refractivity contribution in [2.24, 2.45) is 5.92 Å². The molecule has 2 aliphatic heterocycles. The SMILES string of the molecule is COc1cc(F)c(C(=O)N2CCC([C@H](C)N3CCOCC3)CC2)c(F)c1. The third-order valence-corrected chi connectivity index (χ3v) is 5.60. The van der Waals surface area contributed by atoms with E-state index >= 15 is 0 Å². The minimum atomic E-state index is -0.879. The van der Waals surface area contributed by atoms with Crippen LogP contribution in [0, 0.1) is 17.6 Å². The molecule has 5 nitrogen and oxygen atoms in total. The Balaban J connectivity index is 1.62. The number of benzene rings is 1. The molecule has 0 aliphatic carbocycles. The summed E-state index contributed by atoms with van der Waals surface area (Å²) in [6.45, 7) is 6.64. The van der Waals surface area contributed by atoms with E-state index in [0.29, 0.717) is 25.0 Å². The molecule has 1 atom stereocenters. The highest BCUT2D eigenvalue weighted by molar-refractivity contribution is 5.95. The van der Waals surface area contributed by atoms with E-state index in [9.17, 15) is 13.6 Å². The summed E-state index contributed by atoms with van der Waals surface area (Å²) in [5.41, 5.74) is -0.495. The molecular weight excluding hydrogens is 342 g/mol. The number of amides is 1. The van der Waals surface area contributed by atoms with Crippen molar-refractivity contribution in [2.45, 2.75) is 25.8 Å². The molecule has 2 saturated heterocycles. The van der Waals surface area contributed by atoms with Gasteiger partial charge in [-0.2, -0.15) is 0 Å². The maximum absolute atomic E-state index is 14.2. The van der Waals surface area contributed by atoms with E-state index in [-0.39, 0.29) is 5.75 Å². The summed E-state index contributed by atoms with van der Waals surface area (Å²) >= 11 is 0. The lowest BCUT2D eigenvalue weighted by molar-refractivity contribution is -0.00100. The van der Waals surface area contributed by atoms with E-state index in [0.717, 1.165) is 51.3 Å². The van der Waals surface area contributed by atoms with Crippen LogP contribution in [0.3, 0.4) is 0 Å². The average Bonchev–Trinajstić information content (AvgIpc) is 2.67. The highest BCUT2D eigenvalue weighted by atomic mass is 19.1. The molecule has 2 heterocycles. The number of nitrogens with zero attached hydrogens (tertiary/aromatic N) is 2. The zero-order valence-electron chi connectivity index (χ0n) is 15.3. The normalized spacial score (nSPS) is 20.8. The Hall–Kier alpha value is -1.73. The molecule has 1 aromatic carbocycles. The molecule has 0 radical (unpaired) electrons. The molecule has 7 heteroatoms. The molecule has 26 heavy (non-hydrogen) atoms. The first-order valence-corrected chi connectivity index (χ1v) is 9.15. The topological polar surface area (TPSA) is 42.0 Å². The first-order valence-electron chi connectivity index (χ1n) is 9.15. The number of carbonyl (C=O) groups excluding carboxylic acids is 1. The molecule has 2 aliphatic rings. The van der Waals surface area contributed by atoms with Gasteiger partial charge in [-0.3, -0.25) is 9.69 Å². The van der Waals surface area contributed by atoms with E-state index in [1.807, 2.05) is 0 Å². The van der Waals surface area contributed by atoms with Gasteiger partial charge in [0, 0.05) is 44.4 Å². The van der Waals surface area contributed by atoms with Crippen molar-refractivity contribution in [3.8, 4) is 5.75 Å². The summed E-state index contributed by atoms with van der Waals surface area (Å²) in [5.74, 6) is -1.80. The highest BCUT2D eigenvalue weighted by Gasteiger charge is 2.32. The molecule has 0 unspecified atom stereocenters. The lowest BCUT2D eigenvalue weighted by Gasteiger charge is -2.41. The first-order chi connectivity index (χ1) is 12.5. The van der Waals surface area contributed by atoms with Gasteiger partial charge in [0.1, 0.15) is 22.9 Å². The van der Waals surface area contributed by atoms with Crippen LogP contribution in [-0.2, 0) is 4.74 Å². The van der Waals surface area contributed by atoms with Crippen LogP contribution in [0.2, 0.25) is 0 Å². The van der Waals surface area contributed by atoms with Crippen LogP contribution >= 0.6 is 0 Å². The quantitative estimate of drug-likeness (QED) is 0.819. The van der Waals surface area contributed by atoms with Gasteiger partial charge in [-0.05, 0) is 25.7 Å². The van der Waals surface area contributed by atoms with Crippen LogP contribution in [0.4, 0.5) is 8.78 Å². The van der Waals surface area contributed by atoms with Crippen molar-refractivity contribution < 1.29 is 23.0 Å². The molecule has 0 aromatic heterocycles. The van der Waals surface area contributed by atoms with E-state index in [4.69, 9.17) is 9.47 Å². The van der Waals surface area contributed by atoms with Gasteiger partial charge in [-0.25, -0.2) is 8.78 Å². The largest absolute Gasteiger partial charge is 0.497 e. The Labute approximate surface area is 152 Å². The van der Waals surface area contributed by atoms with E-state index in [1.165, 1.54) is 7.11 Å². The van der Waals surface area contributed by atoms with Gasteiger partial charge in [0.25, 0.3) is 5.91 Å². The summed E-state index contributed by atoms with van der Waals surface area (Å²) in [7, 11) is 1.33. The van der Waals surface area contributed by atoms with Crippen molar-refractivity contribution in [2.75, 3.05) is 46.5 Å². The second-order valence-corrected chi connectivity index (χ2v) is 6.98. The third kappa shape index (κ3) is 3.99.